The first-order valence-electron chi connectivity index (χ1n) is 3.83. The predicted octanol–water partition coefficient (Wildman–Crippen LogP) is 0.737. The van der Waals surface area contributed by atoms with Gasteiger partial charge in [0.1, 0.15) is 5.88 Å². The van der Waals surface area contributed by atoms with Crippen molar-refractivity contribution in [1.29, 1.82) is 0 Å². The van der Waals surface area contributed by atoms with Crippen molar-refractivity contribution in [1.82, 2.24) is 0 Å². The Kier molecular flexibility index (Phi) is 5.36. The molecule has 5 nitrogen and oxygen atoms in total. The van der Waals surface area contributed by atoms with E-state index < -0.39 is 11.9 Å². The highest BCUT2D eigenvalue weighted by Crippen LogP contribution is 2.14. The van der Waals surface area contributed by atoms with Crippen LogP contribution in [-0.4, -0.2) is 28.3 Å². The third-order valence-corrected chi connectivity index (χ3v) is 1.80. The lowest BCUT2D eigenvalue weighted by Crippen LogP contribution is -2.15. The predicted molar refractivity (Wildman–Crippen MR) is 56.4 cm³/mol. The maximum atomic E-state index is 10.9. The van der Waals surface area contributed by atoms with E-state index in [2.05, 4.69) is 5.32 Å². The molecule has 0 aliphatic heterocycles. The lowest BCUT2D eigenvalue weighted by atomic mass is 10.2. The van der Waals surface area contributed by atoms with Crippen LogP contribution in [0.2, 0.25) is 0 Å². The lowest BCUT2D eigenvalue weighted by Gasteiger charge is -2.05. The molecule has 1 aromatic rings. The van der Waals surface area contributed by atoms with Crippen molar-refractivity contribution in [3.05, 3.63) is 29.8 Å². The van der Waals surface area contributed by atoms with E-state index in [4.69, 9.17) is 16.7 Å². The smallest absolute Gasteiger partial charge is 0.337 e. The summed E-state index contributed by atoms with van der Waals surface area (Å²) in [5.41, 5.74) is 0.302. The van der Waals surface area contributed by atoms with Crippen molar-refractivity contribution >= 4 is 29.2 Å². The third-order valence-electron chi connectivity index (χ3n) is 1.55. The van der Waals surface area contributed by atoms with Gasteiger partial charge in [0, 0.05) is 0 Å². The maximum absolute atomic E-state index is 10.9. The molecule has 1 rings (SSSR count). The Morgan fingerprint density at radius 2 is 1.93 bits per heavy atom. The van der Waals surface area contributed by atoms with Crippen molar-refractivity contribution in [3.63, 3.8) is 0 Å². The number of aromatic carboxylic acids is 1. The summed E-state index contributed by atoms with van der Waals surface area (Å²) >= 11 is 5.27. The number of rotatable bonds is 3. The van der Waals surface area contributed by atoms with Gasteiger partial charge < -0.3 is 15.9 Å². The van der Waals surface area contributed by atoms with E-state index in [1.807, 2.05) is 0 Å². The van der Waals surface area contributed by atoms with Gasteiger partial charge in [0.15, 0.2) is 0 Å². The molecule has 1 amide bonds. The number of hydrogen-bond acceptors (Lipinski definition) is 2. The third kappa shape index (κ3) is 3.57. The van der Waals surface area contributed by atoms with Gasteiger partial charge in [-0.3, -0.25) is 4.79 Å². The molecule has 0 saturated carbocycles. The van der Waals surface area contributed by atoms with Gasteiger partial charge in [0.25, 0.3) is 0 Å². The molecule has 0 bridgehead atoms. The molecule has 0 aromatic heterocycles. The molecular weight excluding hydrogens is 222 g/mol. The lowest BCUT2D eigenvalue weighted by molar-refractivity contribution is -0.113. The number of nitrogens with one attached hydrogen (secondary N) is 1. The minimum atomic E-state index is -1.09. The summed E-state index contributed by atoms with van der Waals surface area (Å²) in [6.07, 6.45) is 0. The van der Waals surface area contributed by atoms with Gasteiger partial charge in [-0.05, 0) is 12.1 Å². The quantitative estimate of drug-likeness (QED) is 0.751. The Morgan fingerprint density at radius 1 is 1.33 bits per heavy atom. The van der Waals surface area contributed by atoms with E-state index in [9.17, 15) is 9.59 Å². The summed E-state index contributed by atoms with van der Waals surface area (Å²) in [4.78, 5) is 21.6. The first-order valence-corrected chi connectivity index (χ1v) is 4.36. The fourth-order valence-electron chi connectivity index (χ4n) is 0.962. The van der Waals surface area contributed by atoms with Crippen LogP contribution < -0.4 is 5.32 Å². The first-order chi connectivity index (χ1) is 6.65. The average Bonchev–Trinajstić information content (AvgIpc) is 2.18. The number of benzene rings is 1. The van der Waals surface area contributed by atoms with Crippen LogP contribution in [0.3, 0.4) is 0 Å². The summed E-state index contributed by atoms with van der Waals surface area (Å²) in [7, 11) is 0. The summed E-state index contributed by atoms with van der Waals surface area (Å²) in [6.45, 7) is 0. The molecule has 0 saturated heterocycles. The second-order valence-corrected chi connectivity index (χ2v) is 2.80. The number of para-hydroxylation sites is 1. The van der Waals surface area contributed by atoms with Gasteiger partial charge in [-0.2, -0.15) is 0 Å². The number of amides is 1. The molecule has 0 aliphatic carbocycles. The van der Waals surface area contributed by atoms with Gasteiger partial charge in [0.05, 0.1) is 11.3 Å². The van der Waals surface area contributed by atoms with E-state index >= 15 is 0 Å². The Morgan fingerprint density at radius 3 is 2.47 bits per heavy atom. The Labute approximate surface area is 91.0 Å². The number of carbonyl (C=O) groups excluding carboxylic acids is 1. The second-order valence-electron chi connectivity index (χ2n) is 2.53. The number of halogens is 1. The molecule has 82 valence electrons. The minimum Gasteiger partial charge on any atom is -0.478 e. The number of carboxylic acids is 1. The van der Waals surface area contributed by atoms with Crippen LogP contribution in [0.15, 0.2) is 24.3 Å². The topological polar surface area (TPSA) is 97.9 Å². The Hall–Kier alpha value is -1.59. The van der Waals surface area contributed by atoms with Crippen LogP contribution in [-0.2, 0) is 4.79 Å². The van der Waals surface area contributed by atoms with Crippen LogP contribution in [0.1, 0.15) is 10.4 Å². The fraction of sp³-hybridized carbons (Fsp3) is 0.111. The number of carboxylic acid groups (broad SMARTS) is 1. The summed E-state index contributed by atoms with van der Waals surface area (Å²) < 4.78 is 0. The van der Waals surface area contributed by atoms with Gasteiger partial charge in [-0.1, -0.05) is 12.1 Å². The Balaban J connectivity index is 0.00000196. The van der Waals surface area contributed by atoms with Crippen LogP contribution in [0, 0.1) is 0 Å². The SMILES string of the molecule is O.O=C(CCl)Nc1ccccc1C(=O)O. The zero-order valence-electron chi connectivity index (χ0n) is 7.66. The molecular formula is C9H10ClNO4. The molecule has 0 atom stereocenters. The van der Waals surface area contributed by atoms with Crippen molar-refractivity contribution in [2.75, 3.05) is 11.2 Å². The molecule has 1 aromatic carbocycles. The zero-order valence-corrected chi connectivity index (χ0v) is 8.41. The Bertz CT molecular complexity index is 367. The minimum absolute atomic E-state index is 0. The van der Waals surface area contributed by atoms with Crippen molar-refractivity contribution < 1.29 is 20.2 Å². The zero-order chi connectivity index (χ0) is 10.6. The van der Waals surface area contributed by atoms with Crippen LogP contribution in [0.4, 0.5) is 5.69 Å². The van der Waals surface area contributed by atoms with Crippen LogP contribution in [0.25, 0.3) is 0 Å². The molecule has 0 heterocycles. The molecule has 0 spiro atoms. The molecule has 0 unspecified atom stereocenters. The van der Waals surface area contributed by atoms with Gasteiger partial charge >= 0.3 is 5.97 Å². The first kappa shape index (κ1) is 13.4. The average molecular weight is 232 g/mol. The summed E-state index contributed by atoms with van der Waals surface area (Å²) in [5, 5.41) is 11.2. The van der Waals surface area contributed by atoms with Crippen LogP contribution in [0.5, 0.6) is 0 Å². The summed E-state index contributed by atoms with van der Waals surface area (Å²) in [6, 6.07) is 6.14. The number of carbonyl (C=O) groups is 2. The van der Waals surface area contributed by atoms with E-state index in [-0.39, 0.29) is 22.6 Å². The molecule has 15 heavy (non-hydrogen) atoms. The molecule has 0 fully saturated rings. The largest absolute Gasteiger partial charge is 0.478 e. The highest BCUT2D eigenvalue weighted by atomic mass is 35.5. The van der Waals surface area contributed by atoms with Gasteiger partial charge in [-0.15, -0.1) is 11.6 Å². The van der Waals surface area contributed by atoms with Gasteiger partial charge in [0.2, 0.25) is 5.91 Å². The maximum Gasteiger partial charge on any atom is 0.337 e. The monoisotopic (exact) mass is 231 g/mol. The van der Waals surface area contributed by atoms with E-state index in [0.717, 1.165) is 0 Å². The van der Waals surface area contributed by atoms with Crippen molar-refractivity contribution in [3.8, 4) is 0 Å². The van der Waals surface area contributed by atoms with Crippen molar-refractivity contribution in [2.45, 2.75) is 0 Å². The number of anilines is 1. The molecule has 0 radical (unpaired) electrons. The molecule has 0 aliphatic rings. The highest BCUT2D eigenvalue weighted by molar-refractivity contribution is 6.29. The number of hydrogen-bond donors (Lipinski definition) is 2. The van der Waals surface area contributed by atoms with E-state index in [0.29, 0.717) is 0 Å². The van der Waals surface area contributed by atoms with Gasteiger partial charge in [-0.25, -0.2) is 4.79 Å². The second kappa shape index (κ2) is 6.00. The standard InChI is InChI=1S/C9H8ClNO3.H2O/c10-5-8(12)11-7-4-2-1-3-6(7)9(13)14;/h1-4H,5H2,(H,11,12)(H,13,14);1H2. The molecule has 4 N–H and O–H groups in total. The van der Waals surface area contributed by atoms with Crippen LogP contribution >= 0.6 is 11.6 Å². The fourth-order valence-corrected chi connectivity index (χ4v) is 1.03. The van der Waals surface area contributed by atoms with E-state index in [1.165, 1.54) is 12.1 Å². The molecule has 6 heteroatoms. The number of alkyl halides is 1. The highest BCUT2D eigenvalue weighted by Gasteiger charge is 2.10. The van der Waals surface area contributed by atoms with E-state index in [1.54, 1.807) is 12.1 Å². The summed E-state index contributed by atoms with van der Waals surface area (Å²) in [5.74, 6) is -1.72. The van der Waals surface area contributed by atoms with Crippen molar-refractivity contribution in [2.24, 2.45) is 0 Å². The normalized spacial score (nSPS) is 8.87.